The van der Waals surface area contributed by atoms with Gasteiger partial charge < -0.3 is 10.0 Å². The lowest BCUT2D eigenvalue weighted by Crippen LogP contribution is -2.05. The highest BCUT2D eigenvalue weighted by Crippen LogP contribution is 2.16. The van der Waals surface area contributed by atoms with Crippen molar-refractivity contribution in [2.45, 2.75) is 19.8 Å². The minimum absolute atomic E-state index is 0.488. The molecular formula is C11H15BO2. The topological polar surface area (TPSA) is 40.5 Å². The Kier molecular flexibility index (Phi) is 3.92. The van der Waals surface area contributed by atoms with E-state index in [1.165, 1.54) is 11.5 Å². The number of hydrogen-bond donors (Lipinski definition) is 2. The van der Waals surface area contributed by atoms with Crippen LogP contribution < -0.4 is 0 Å². The fourth-order valence-corrected chi connectivity index (χ4v) is 1.22. The van der Waals surface area contributed by atoms with Crippen LogP contribution in [0.1, 0.15) is 30.9 Å². The van der Waals surface area contributed by atoms with Crippen molar-refractivity contribution in [2.24, 2.45) is 0 Å². The standard InChI is InChI=1S/C11H15BO2/c1-9(2)11-5-3-4-10(8-11)6-7-12(13)14/h3-9,13-14H,1-2H3. The molecule has 0 atom stereocenters. The van der Waals surface area contributed by atoms with Crippen molar-refractivity contribution in [3.05, 3.63) is 41.4 Å². The fraction of sp³-hybridized carbons (Fsp3) is 0.273. The number of hydrogen-bond acceptors (Lipinski definition) is 2. The van der Waals surface area contributed by atoms with Crippen LogP contribution in [-0.4, -0.2) is 17.2 Å². The van der Waals surface area contributed by atoms with Crippen molar-refractivity contribution in [3.63, 3.8) is 0 Å². The van der Waals surface area contributed by atoms with Gasteiger partial charge in [0.25, 0.3) is 0 Å². The molecule has 1 aromatic rings. The molecular weight excluding hydrogens is 175 g/mol. The quantitative estimate of drug-likeness (QED) is 0.713. The molecule has 3 heteroatoms. The summed E-state index contributed by atoms with van der Waals surface area (Å²) in [6.07, 6.45) is 1.70. The van der Waals surface area contributed by atoms with Gasteiger partial charge in [-0.15, -0.1) is 0 Å². The molecule has 14 heavy (non-hydrogen) atoms. The van der Waals surface area contributed by atoms with E-state index in [-0.39, 0.29) is 0 Å². The molecule has 0 aromatic heterocycles. The Labute approximate surface area is 85.0 Å². The van der Waals surface area contributed by atoms with Crippen LogP contribution in [-0.2, 0) is 0 Å². The molecule has 1 rings (SSSR count). The molecule has 0 fully saturated rings. The average Bonchev–Trinajstić information content (AvgIpc) is 2.15. The molecule has 0 saturated carbocycles. The van der Waals surface area contributed by atoms with Gasteiger partial charge in [0.2, 0.25) is 0 Å². The summed E-state index contributed by atoms with van der Waals surface area (Å²) < 4.78 is 0. The maximum absolute atomic E-state index is 8.66. The average molecular weight is 190 g/mol. The zero-order chi connectivity index (χ0) is 10.6. The summed E-state index contributed by atoms with van der Waals surface area (Å²) in [6, 6.07) is 8.02. The molecule has 0 aliphatic rings. The van der Waals surface area contributed by atoms with Crippen LogP contribution in [0.25, 0.3) is 6.08 Å². The Morgan fingerprint density at radius 1 is 1.29 bits per heavy atom. The van der Waals surface area contributed by atoms with Crippen LogP contribution in [0.2, 0.25) is 0 Å². The van der Waals surface area contributed by atoms with Gasteiger partial charge in [0, 0.05) is 0 Å². The van der Waals surface area contributed by atoms with Gasteiger partial charge in [0.05, 0.1) is 0 Å². The fourth-order valence-electron chi connectivity index (χ4n) is 1.22. The smallest absolute Gasteiger partial charge is 0.424 e. The molecule has 0 unspecified atom stereocenters. The van der Waals surface area contributed by atoms with Crippen molar-refractivity contribution >= 4 is 13.2 Å². The van der Waals surface area contributed by atoms with E-state index in [1.54, 1.807) is 6.08 Å². The lowest BCUT2D eigenvalue weighted by atomic mass is 9.90. The van der Waals surface area contributed by atoms with E-state index < -0.39 is 7.12 Å². The first-order chi connectivity index (χ1) is 6.59. The minimum Gasteiger partial charge on any atom is -0.424 e. The third-order valence-corrected chi connectivity index (χ3v) is 2.04. The maximum atomic E-state index is 8.66. The highest BCUT2D eigenvalue weighted by molar-refractivity contribution is 6.48. The first-order valence-corrected chi connectivity index (χ1v) is 4.74. The summed E-state index contributed by atoms with van der Waals surface area (Å²) in [7, 11) is -1.38. The number of benzene rings is 1. The van der Waals surface area contributed by atoms with Gasteiger partial charge >= 0.3 is 7.12 Å². The van der Waals surface area contributed by atoms with Gasteiger partial charge in [0.1, 0.15) is 0 Å². The van der Waals surface area contributed by atoms with E-state index >= 15 is 0 Å². The van der Waals surface area contributed by atoms with E-state index in [9.17, 15) is 0 Å². The molecule has 0 aliphatic carbocycles. The molecule has 2 N–H and O–H groups in total. The second-order valence-electron chi connectivity index (χ2n) is 3.60. The SMILES string of the molecule is CC(C)c1cccc(C=CB(O)O)c1. The molecule has 1 aromatic carbocycles. The van der Waals surface area contributed by atoms with Gasteiger partial charge in [-0.25, -0.2) is 0 Å². The van der Waals surface area contributed by atoms with Crippen LogP contribution >= 0.6 is 0 Å². The van der Waals surface area contributed by atoms with Crippen LogP contribution in [0, 0.1) is 0 Å². The summed E-state index contributed by atoms with van der Waals surface area (Å²) in [5.41, 5.74) is 2.24. The highest BCUT2D eigenvalue weighted by atomic mass is 16.4. The molecule has 0 amide bonds. The van der Waals surface area contributed by atoms with Gasteiger partial charge in [0.15, 0.2) is 0 Å². The molecule has 74 valence electrons. The molecule has 0 heterocycles. The second-order valence-corrected chi connectivity index (χ2v) is 3.60. The molecule has 0 saturated heterocycles. The maximum Gasteiger partial charge on any atom is 0.480 e. The predicted octanol–water partition coefficient (Wildman–Crippen LogP) is 1.84. The molecule has 0 aliphatic heterocycles. The highest BCUT2D eigenvalue weighted by Gasteiger charge is 2.00. The van der Waals surface area contributed by atoms with E-state index in [0.717, 1.165) is 5.56 Å². The van der Waals surface area contributed by atoms with Crippen molar-refractivity contribution < 1.29 is 10.0 Å². The zero-order valence-electron chi connectivity index (χ0n) is 8.51. The molecule has 2 nitrogen and oxygen atoms in total. The normalized spacial score (nSPS) is 11.2. The number of rotatable bonds is 3. The van der Waals surface area contributed by atoms with E-state index in [0.29, 0.717) is 5.92 Å². The van der Waals surface area contributed by atoms with Crippen LogP contribution in [0.4, 0.5) is 0 Å². The van der Waals surface area contributed by atoms with E-state index in [2.05, 4.69) is 19.9 Å². The van der Waals surface area contributed by atoms with Crippen LogP contribution in [0.15, 0.2) is 30.2 Å². The van der Waals surface area contributed by atoms with Gasteiger partial charge in [-0.1, -0.05) is 50.2 Å². The zero-order valence-corrected chi connectivity index (χ0v) is 8.51. The van der Waals surface area contributed by atoms with Gasteiger partial charge in [-0.3, -0.25) is 0 Å². The third kappa shape index (κ3) is 3.36. The van der Waals surface area contributed by atoms with E-state index in [1.807, 2.05) is 18.2 Å². The second kappa shape index (κ2) is 4.98. The van der Waals surface area contributed by atoms with Crippen LogP contribution in [0.3, 0.4) is 0 Å². The lowest BCUT2D eigenvalue weighted by molar-refractivity contribution is 0.424. The Bertz CT molecular complexity index is 319. The summed E-state index contributed by atoms with van der Waals surface area (Å²) in [5, 5.41) is 17.3. The summed E-state index contributed by atoms with van der Waals surface area (Å²) >= 11 is 0. The molecule has 0 bridgehead atoms. The van der Waals surface area contributed by atoms with Crippen molar-refractivity contribution in [1.29, 1.82) is 0 Å². The predicted molar refractivity (Wildman–Crippen MR) is 59.8 cm³/mol. The van der Waals surface area contributed by atoms with E-state index in [4.69, 9.17) is 10.0 Å². The Balaban J connectivity index is 2.83. The van der Waals surface area contributed by atoms with Gasteiger partial charge in [-0.2, -0.15) is 0 Å². The van der Waals surface area contributed by atoms with Crippen molar-refractivity contribution in [2.75, 3.05) is 0 Å². The summed E-state index contributed by atoms with van der Waals surface area (Å²) in [6.45, 7) is 4.26. The lowest BCUT2D eigenvalue weighted by Gasteiger charge is -2.05. The summed E-state index contributed by atoms with van der Waals surface area (Å²) in [5.74, 6) is 1.84. The minimum atomic E-state index is -1.38. The Hall–Kier alpha value is -1.06. The first-order valence-electron chi connectivity index (χ1n) is 4.74. The van der Waals surface area contributed by atoms with Gasteiger partial charge in [-0.05, 0) is 17.0 Å². The Morgan fingerprint density at radius 2 is 2.00 bits per heavy atom. The Morgan fingerprint density at radius 3 is 2.57 bits per heavy atom. The van der Waals surface area contributed by atoms with Crippen molar-refractivity contribution in [1.82, 2.24) is 0 Å². The largest absolute Gasteiger partial charge is 0.480 e. The summed E-state index contributed by atoms with van der Waals surface area (Å²) in [4.78, 5) is 0. The first kappa shape index (κ1) is 11.0. The molecule has 0 radical (unpaired) electrons. The van der Waals surface area contributed by atoms with Crippen molar-refractivity contribution in [3.8, 4) is 0 Å². The third-order valence-electron chi connectivity index (χ3n) is 2.04. The monoisotopic (exact) mass is 190 g/mol. The molecule has 0 spiro atoms. The van der Waals surface area contributed by atoms with Crippen LogP contribution in [0.5, 0.6) is 0 Å².